The van der Waals surface area contributed by atoms with E-state index in [1.54, 1.807) is 25.3 Å². The summed E-state index contributed by atoms with van der Waals surface area (Å²) in [5.74, 6) is 0.297. The third-order valence-electron chi connectivity index (χ3n) is 17.9. The van der Waals surface area contributed by atoms with Crippen molar-refractivity contribution in [2.24, 2.45) is 33.8 Å². The summed E-state index contributed by atoms with van der Waals surface area (Å²) >= 11 is 26.0. The second kappa shape index (κ2) is 34.7. The molecule has 0 radical (unpaired) electrons. The van der Waals surface area contributed by atoms with E-state index in [2.05, 4.69) is 47.2 Å². The van der Waals surface area contributed by atoms with Gasteiger partial charge in [-0.25, -0.2) is 9.98 Å². The van der Waals surface area contributed by atoms with Crippen LogP contribution in [-0.2, 0) is 133 Å². The number of aromatic nitrogens is 2. The van der Waals surface area contributed by atoms with Gasteiger partial charge in [0.1, 0.15) is 85.4 Å². The average Bonchev–Trinajstić information content (AvgIpc) is 1.64. The lowest BCUT2D eigenvalue weighted by Crippen LogP contribution is -2.56. The number of nitrogens with two attached hydrogens (primary N) is 4. The van der Waals surface area contributed by atoms with Gasteiger partial charge in [-0.2, -0.15) is 0 Å². The van der Waals surface area contributed by atoms with Crippen LogP contribution >= 0.6 is 33.6 Å². The maximum atomic E-state index is 12.6. The van der Waals surface area contributed by atoms with Gasteiger partial charge in [-0.15, -0.1) is 0 Å². The number of nitrogens with one attached hydrogen (secondary N) is 7. The highest BCUT2D eigenvalue weighted by atomic mass is 32.5. The van der Waals surface area contributed by atoms with Gasteiger partial charge in [-0.05, 0) is 90.4 Å². The number of anilines is 1. The Hall–Kier alpha value is -2.73. The van der Waals surface area contributed by atoms with Gasteiger partial charge in [-0.3, -0.25) is 30.5 Å². The first kappa shape index (κ1) is 83.2. The molecule has 54 heteroatoms. The van der Waals surface area contributed by atoms with Crippen LogP contribution in [0.3, 0.4) is 0 Å². The van der Waals surface area contributed by atoms with E-state index < -0.39 is 176 Å². The van der Waals surface area contributed by atoms with Gasteiger partial charge in [0.2, 0.25) is 6.35 Å². The van der Waals surface area contributed by atoms with E-state index in [1.165, 1.54) is 52.2 Å². The summed E-state index contributed by atoms with van der Waals surface area (Å²) in [4.78, 5) is 93.3. The average molecular weight is 1680 g/mol. The van der Waals surface area contributed by atoms with Crippen molar-refractivity contribution in [1.29, 1.82) is 0 Å². The van der Waals surface area contributed by atoms with E-state index in [0.29, 0.717) is 36.9 Å². The number of carbonyl (C=O) groups is 2. The molecule has 0 spiro atoms. The van der Waals surface area contributed by atoms with Crippen molar-refractivity contribution in [3.63, 3.8) is 0 Å². The highest BCUT2D eigenvalue weighted by Crippen LogP contribution is 2.54. The van der Waals surface area contributed by atoms with Crippen molar-refractivity contribution in [2.75, 3.05) is 65.9 Å². The fourth-order valence-electron chi connectivity index (χ4n) is 12.5. The van der Waals surface area contributed by atoms with E-state index in [1.807, 2.05) is 11.8 Å². The summed E-state index contributed by atoms with van der Waals surface area (Å²) < 4.78 is 87.6. The predicted molar refractivity (Wildman–Crippen MR) is 381 cm³/mol. The van der Waals surface area contributed by atoms with E-state index >= 15 is 0 Å². The van der Waals surface area contributed by atoms with Crippen LogP contribution in [0.25, 0.3) is 0 Å². The van der Waals surface area contributed by atoms with Crippen LogP contribution in [0.4, 0.5) is 5.82 Å². The van der Waals surface area contributed by atoms with Crippen LogP contribution in [0.2, 0.25) is 0 Å². The van der Waals surface area contributed by atoms with Crippen LogP contribution in [-0.4, -0.2) is 270 Å². The highest BCUT2D eigenvalue weighted by Gasteiger charge is 2.50. The molecular formula is C51H87N18O26P5S5. The number of ether oxygens (including phenoxy) is 5. The van der Waals surface area contributed by atoms with Crippen molar-refractivity contribution in [1.82, 2.24) is 61.1 Å². The summed E-state index contributed by atoms with van der Waals surface area (Å²) in [5, 5.41) is 61.9. The number of aliphatic imine (C=N–C) groups is 1. The summed E-state index contributed by atoms with van der Waals surface area (Å²) in [5.41, 5.74) is 24.6. The minimum Gasteiger partial charge on any atom is -0.390 e. The number of hydrogen-bond donors (Lipinski definition) is 20. The minimum atomic E-state index is -4.21. The molecule has 0 aliphatic carbocycles. The van der Waals surface area contributed by atoms with Crippen LogP contribution in [0.5, 0.6) is 0 Å². The standard InChI is InChI=1S/C31H51N10O16P3S3.C20H36N8O10P2S2/c1-14-6-22(40-9-15(2)27(42)38-31(40)45)53-18(14)10-51-59(47,62)57-17-8-24(41-13-34-25-26(41)36-29(33)37-28(25)43)55-20(17)12-52-60(48,63)56-16-7-23(39-5-4-21(32)35-30(39)44)54-19(16)11-50-58(46,61)49-3;1-33-39(31,41)34-7-13-11(5-16(37-13)27-3-2-14(21)26-20(27)30)38-40(32,42)35-6-12-10(29)4-15(36-12)28-9-25-17-18(22)23-8-24-19(17)28/h4-5,9,13-14,16-24,29-31,35-36,44-45H,6-8,10-12,32-33H2,1-3H3,(H,37,43)(H,38,42)(H,46,61)(H,47,62)(H,48,63);2-3,10-16,20,24-26,29-30H,4-9,21H2,1H3,(H2,22,23)(H,31,41)(H,32,42)/t14-,16-,17-,18-,19-,20-,21?,22-,23-,24-,29?,30?,31?,58?,59?,60?;10-,11-,12-,13-,14?,15-,16-,20?,39?,40?/m11/s1. The summed E-state index contributed by atoms with van der Waals surface area (Å²) in [6, 6.07) is 0. The largest absolute Gasteiger partial charge is 0.390 e. The first-order valence-corrected chi connectivity index (χ1v) is 45.3. The molecule has 12 rings (SSSR count). The maximum absolute atomic E-state index is 12.6. The topological polar surface area (TPSA) is 586 Å². The van der Waals surface area contributed by atoms with Crippen molar-refractivity contribution in [3.05, 3.63) is 59.9 Å². The Bertz CT molecular complexity index is 3720. The zero-order chi connectivity index (χ0) is 75.8. The molecule has 1 aromatic rings. The monoisotopic (exact) mass is 1680 g/mol. The van der Waals surface area contributed by atoms with Crippen molar-refractivity contribution >= 4 is 116 Å². The van der Waals surface area contributed by atoms with Crippen molar-refractivity contribution < 1.29 is 123 Å². The minimum absolute atomic E-state index is 0.0109. The highest BCUT2D eigenvalue weighted by molar-refractivity contribution is 8.08. The van der Waals surface area contributed by atoms with Gasteiger partial charge in [0.25, 0.3) is 11.8 Å². The molecule has 11 aliphatic rings. The Balaban J connectivity index is 0.000000227. The molecule has 24 N–H and O–H groups in total. The fraction of sp³-hybridized carbons (Fsp3) is 0.725. The number of amidine groups is 1. The number of carbonyl (C=O) groups excluding carboxylic acids is 2. The van der Waals surface area contributed by atoms with Crippen LogP contribution in [0, 0.1) is 5.92 Å². The van der Waals surface area contributed by atoms with Crippen LogP contribution < -0.4 is 60.2 Å². The number of imidazole rings is 1. The SMILES string of the molecule is COP(O)(=S)OC[C@H]1O[C@@H](N2C=CC(N)NC2O)C[C@H]1OP(O)(=S)OC[C@H]1O[C@@H](N2CNC3=C2NCN=C3N)C[C@H]1O.COP(O)(=S)OC[C@H]1O[C@@H](N2C=CC(N)NC2O)C[C@H]1OP(O)(=S)OC[C@H]1O[C@@H](n2cnc3c2NC(N)NC3=O)C[C@H]1OP(O)(=S)OC[C@H]1O[C@@H](N2C=C(C)C(=O)NC2O)C[C@H]1C. The normalized spacial score (nSPS) is 37.5. The van der Waals surface area contributed by atoms with E-state index in [0.717, 1.165) is 5.82 Å². The van der Waals surface area contributed by atoms with Gasteiger partial charge >= 0.3 is 33.6 Å². The third kappa shape index (κ3) is 20.9. The molecule has 0 aromatic carbocycles. The molecule has 44 nitrogen and oxygen atoms in total. The number of aliphatic hydroxyl groups is 4. The lowest BCUT2D eigenvalue weighted by Gasteiger charge is -2.36. The Morgan fingerprint density at radius 3 is 1.57 bits per heavy atom. The zero-order valence-corrected chi connectivity index (χ0v) is 64.8. The second-order valence-corrected chi connectivity index (χ2v) is 39.4. The lowest BCUT2D eigenvalue weighted by molar-refractivity contribution is -0.142. The van der Waals surface area contributed by atoms with Crippen LogP contribution in [0.1, 0.15) is 62.7 Å². The molecule has 12 heterocycles. The molecule has 11 unspecified atom stereocenters. The Morgan fingerprint density at radius 1 is 0.581 bits per heavy atom. The molecule has 1 aromatic heterocycles. The van der Waals surface area contributed by atoms with Crippen molar-refractivity contribution in [2.45, 2.75) is 170 Å². The van der Waals surface area contributed by atoms with Gasteiger partial charge in [0.15, 0.2) is 24.7 Å². The molecular weight excluding hydrogens is 1600 g/mol. The number of hydrogen-bond acceptors (Lipinski definition) is 41. The van der Waals surface area contributed by atoms with Crippen molar-refractivity contribution in [3.8, 4) is 0 Å². The third-order valence-corrected chi connectivity index (χ3v) is 26.1. The fourth-order valence-corrected chi connectivity index (χ4v) is 18.2. The molecule has 2 amide bonds. The first-order valence-electron chi connectivity index (χ1n) is 32.4. The van der Waals surface area contributed by atoms with E-state index in [4.69, 9.17) is 151 Å². The van der Waals surface area contributed by atoms with Gasteiger partial charge in [-0.1, -0.05) is 6.92 Å². The molecule has 592 valence electrons. The maximum Gasteiger partial charge on any atom is 0.324 e. The lowest BCUT2D eigenvalue weighted by atomic mass is 10.0. The Morgan fingerprint density at radius 2 is 1.05 bits per heavy atom. The molecule has 5 saturated heterocycles. The Labute approximate surface area is 626 Å². The van der Waals surface area contributed by atoms with E-state index in [-0.39, 0.29) is 69.5 Å². The van der Waals surface area contributed by atoms with Gasteiger partial charge in [0, 0.05) is 64.1 Å². The second-order valence-electron chi connectivity index (χ2n) is 25.2. The molecule has 5 fully saturated rings. The molecule has 11 aliphatic heterocycles. The zero-order valence-electron chi connectivity index (χ0n) is 56.3. The van der Waals surface area contributed by atoms with E-state index in [9.17, 15) is 54.5 Å². The number of amides is 2. The van der Waals surface area contributed by atoms with Gasteiger partial charge in [0.05, 0.1) is 88.9 Å². The predicted octanol–water partition coefficient (Wildman–Crippen LogP) is -4.85. The summed E-state index contributed by atoms with van der Waals surface area (Å²) in [6.07, 6.45) is -7.75. The first-order chi connectivity index (χ1) is 49.5. The summed E-state index contributed by atoms with van der Waals surface area (Å²) in [7, 11) is 2.40. The number of rotatable bonds is 28. The number of fused-ring (bicyclic) bond motifs is 1. The smallest absolute Gasteiger partial charge is 0.324 e. The molecule has 105 heavy (non-hydrogen) atoms. The quantitative estimate of drug-likeness (QED) is 0.0350. The summed E-state index contributed by atoms with van der Waals surface area (Å²) in [6.45, 7) is -16.7. The van der Waals surface area contributed by atoms with Crippen LogP contribution in [0.15, 0.2) is 59.2 Å². The number of aliphatic hydroxyl groups excluding tert-OH is 4. The molecule has 0 bridgehead atoms. The van der Waals surface area contributed by atoms with Gasteiger partial charge < -0.3 is 177 Å². The molecule has 26 atom stereocenters. The molecule has 0 saturated carbocycles. The number of nitrogens with zero attached hydrogens (tertiary/aromatic N) is 7. The Kier molecular flexibility index (Phi) is 27.5.